The van der Waals surface area contributed by atoms with Crippen molar-refractivity contribution in [3.8, 4) is 23.7 Å². The van der Waals surface area contributed by atoms with E-state index in [9.17, 15) is 22.8 Å². The summed E-state index contributed by atoms with van der Waals surface area (Å²) in [5.74, 6) is 12.7. The average molecular weight is 695 g/mol. The highest BCUT2D eigenvalue weighted by Gasteiger charge is 2.47. The molecule has 0 bridgehead atoms. The maximum absolute atomic E-state index is 14.1. The van der Waals surface area contributed by atoms with E-state index in [0.29, 0.717) is 42.5 Å². The summed E-state index contributed by atoms with van der Waals surface area (Å²) in [6.07, 6.45) is 12.5. The fourth-order valence-electron chi connectivity index (χ4n) is 6.59. The Balaban J connectivity index is 1.33. The molecule has 0 heterocycles. The van der Waals surface area contributed by atoms with Crippen LogP contribution in [0.25, 0.3) is 0 Å². The number of unbranched alkanes of at least 4 members (excludes halogenated alkanes) is 3. The summed E-state index contributed by atoms with van der Waals surface area (Å²) < 4.78 is 52.4. The van der Waals surface area contributed by atoms with Crippen LogP contribution in [0.5, 0.6) is 0 Å². The van der Waals surface area contributed by atoms with Crippen LogP contribution in [0.3, 0.4) is 0 Å². The van der Waals surface area contributed by atoms with Gasteiger partial charge in [-0.25, -0.2) is 9.59 Å². The summed E-state index contributed by atoms with van der Waals surface area (Å²) >= 11 is 3.96. The van der Waals surface area contributed by atoms with Crippen molar-refractivity contribution in [2.24, 2.45) is 29.6 Å². The van der Waals surface area contributed by atoms with Crippen molar-refractivity contribution >= 4 is 35.5 Å². The van der Waals surface area contributed by atoms with Gasteiger partial charge in [-0.15, -0.1) is 0 Å². The van der Waals surface area contributed by atoms with Gasteiger partial charge >= 0.3 is 18.1 Å². The highest BCUT2D eigenvalue weighted by atomic mass is 32.2. The largest absolute Gasteiger partial charge is 0.463 e. The molecule has 262 valence electrons. The second-order valence-electron chi connectivity index (χ2n) is 13.0. The Morgan fingerprint density at radius 1 is 0.638 bits per heavy atom. The van der Waals surface area contributed by atoms with Crippen LogP contribution in [0.4, 0.5) is 13.2 Å². The van der Waals surface area contributed by atoms with Gasteiger partial charge in [-0.1, -0.05) is 36.8 Å². The highest BCUT2D eigenvalue weighted by Crippen LogP contribution is 2.44. The molecule has 9 heteroatoms. The molecule has 3 fully saturated rings. The van der Waals surface area contributed by atoms with Crippen LogP contribution in [-0.4, -0.2) is 53.3 Å². The molecule has 0 amide bonds. The summed E-state index contributed by atoms with van der Waals surface area (Å²) in [5.41, 5.74) is 0. The molecule has 0 aromatic heterocycles. The number of hydrogen-bond acceptors (Lipinski definition) is 6. The van der Waals surface area contributed by atoms with Gasteiger partial charge in [0, 0.05) is 46.3 Å². The van der Waals surface area contributed by atoms with Gasteiger partial charge in [0.1, 0.15) is 0 Å². The minimum atomic E-state index is -4.25. The number of alkyl halides is 3. The molecule has 3 unspecified atom stereocenters. The zero-order chi connectivity index (χ0) is 33.9. The first-order chi connectivity index (χ1) is 22.7. The SMILES string of the molecule is C=CC(=O)OCCCCCSC1CCC(C#CC2CCC(C#CC3CCC(SCCCCOC(=O)C=C)CC3)C(C(F)(F)F)C2)CC1. The Labute approximate surface area is 289 Å². The Kier molecular flexibility index (Phi) is 18.4. The van der Waals surface area contributed by atoms with Crippen LogP contribution in [0, 0.1) is 53.3 Å². The highest BCUT2D eigenvalue weighted by molar-refractivity contribution is 8.00. The normalized spacial score (nSPS) is 27.7. The molecule has 4 nitrogen and oxygen atoms in total. The van der Waals surface area contributed by atoms with Crippen LogP contribution in [-0.2, 0) is 19.1 Å². The van der Waals surface area contributed by atoms with E-state index in [4.69, 9.17) is 9.47 Å². The van der Waals surface area contributed by atoms with Crippen molar-refractivity contribution in [1.82, 2.24) is 0 Å². The molecule has 3 aliphatic rings. The van der Waals surface area contributed by atoms with Gasteiger partial charge < -0.3 is 9.47 Å². The summed E-state index contributed by atoms with van der Waals surface area (Å²) in [5, 5.41) is 1.21. The second kappa shape index (κ2) is 21.9. The molecule has 3 saturated carbocycles. The zero-order valence-corrected chi connectivity index (χ0v) is 29.5. The van der Waals surface area contributed by atoms with E-state index in [1.54, 1.807) is 0 Å². The van der Waals surface area contributed by atoms with E-state index in [-0.39, 0.29) is 30.2 Å². The van der Waals surface area contributed by atoms with E-state index in [1.165, 1.54) is 12.2 Å². The topological polar surface area (TPSA) is 52.6 Å². The molecule has 0 aromatic carbocycles. The molecule has 0 N–H and O–H groups in total. The third-order valence-electron chi connectivity index (χ3n) is 9.44. The first-order valence-electron chi connectivity index (χ1n) is 17.6. The predicted octanol–water partition coefficient (Wildman–Crippen LogP) is 9.58. The van der Waals surface area contributed by atoms with Crippen LogP contribution >= 0.6 is 23.5 Å². The third kappa shape index (κ3) is 15.9. The number of halogens is 3. The molecular formula is C38H53F3O4S2. The third-order valence-corrected chi connectivity index (χ3v) is 12.4. The molecule has 0 spiro atoms. The molecular weight excluding hydrogens is 642 g/mol. The van der Waals surface area contributed by atoms with Gasteiger partial charge in [0.25, 0.3) is 0 Å². The number of esters is 2. The molecule has 3 aliphatic carbocycles. The quantitative estimate of drug-likeness (QED) is 0.0737. The summed E-state index contributed by atoms with van der Waals surface area (Å²) in [6, 6.07) is 0. The van der Waals surface area contributed by atoms with E-state index in [2.05, 4.69) is 36.8 Å². The Morgan fingerprint density at radius 3 is 1.60 bits per heavy atom. The number of rotatable bonds is 15. The van der Waals surface area contributed by atoms with Crippen LogP contribution in [0.2, 0.25) is 0 Å². The lowest BCUT2D eigenvalue weighted by atomic mass is 9.73. The van der Waals surface area contributed by atoms with Crippen molar-refractivity contribution in [2.75, 3.05) is 24.7 Å². The number of carbonyl (C=O) groups excluding carboxylic acids is 2. The Hall–Kier alpha value is -1.97. The van der Waals surface area contributed by atoms with Crippen molar-refractivity contribution in [1.29, 1.82) is 0 Å². The molecule has 3 rings (SSSR count). The van der Waals surface area contributed by atoms with Gasteiger partial charge in [0.15, 0.2) is 0 Å². The van der Waals surface area contributed by atoms with Crippen LogP contribution < -0.4 is 0 Å². The fraction of sp³-hybridized carbons (Fsp3) is 0.737. The van der Waals surface area contributed by atoms with E-state index in [0.717, 1.165) is 95.0 Å². The van der Waals surface area contributed by atoms with Gasteiger partial charge in [-0.05, 0) is 114 Å². The number of ether oxygens (including phenoxy) is 2. The summed E-state index contributed by atoms with van der Waals surface area (Å²) in [4.78, 5) is 22.1. The van der Waals surface area contributed by atoms with Crippen LogP contribution in [0.15, 0.2) is 25.3 Å². The van der Waals surface area contributed by atoms with Crippen LogP contribution in [0.1, 0.15) is 103 Å². The maximum Gasteiger partial charge on any atom is 0.393 e. The maximum atomic E-state index is 14.1. The zero-order valence-electron chi connectivity index (χ0n) is 27.8. The smallest absolute Gasteiger partial charge is 0.393 e. The number of carbonyl (C=O) groups is 2. The molecule has 0 aliphatic heterocycles. The van der Waals surface area contributed by atoms with Crippen molar-refractivity contribution in [2.45, 2.75) is 119 Å². The first-order valence-corrected chi connectivity index (χ1v) is 19.7. The minimum Gasteiger partial charge on any atom is -0.463 e. The van der Waals surface area contributed by atoms with Crippen molar-refractivity contribution in [3.63, 3.8) is 0 Å². The molecule has 3 atom stereocenters. The lowest BCUT2D eigenvalue weighted by molar-refractivity contribution is -0.192. The lowest BCUT2D eigenvalue weighted by Crippen LogP contribution is -2.35. The number of thioether (sulfide) groups is 2. The fourth-order valence-corrected chi connectivity index (χ4v) is 9.21. The van der Waals surface area contributed by atoms with Crippen molar-refractivity contribution in [3.05, 3.63) is 25.3 Å². The van der Waals surface area contributed by atoms with Gasteiger partial charge in [-0.2, -0.15) is 36.7 Å². The van der Waals surface area contributed by atoms with Gasteiger partial charge in [0.05, 0.1) is 19.1 Å². The number of hydrogen-bond donors (Lipinski definition) is 0. The summed E-state index contributed by atoms with van der Waals surface area (Å²) in [7, 11) is 0. The van der Waals surface area contributed by atoms with E-state index in [1.807, 2.05) is 23.5 Å². The Morgan fingerprint density at radius 2 is 1.09 bits per heavy atom. The van der Waals surface area contributed by atoms with E-state index >= 15 is 0 Å². The lowest BCUT2D eigenvalue weighted by Gasteiger charge is -2.33. The van der Waals surface area contributed by atoms with Gasteiger partial charge in [0.2, 0.25) is 0 Å². The monoisotopic (exact) mass is 694 g/mol. The standard InChI is InChI=1S/C38H53F3O4S2/c1-3-36(42)44-24-6-5-8-26-46-33-20-14-29(15-21-33)10-11-31-13-19-32(35(28-31)38(39,40)41)18-12-30-16-22-34(23-17-30)47-27-9-7-25-45-37(43)4-2/h3-4,29-35H,1-2,5-9,13-17,19-28H2. The van der Waals surface area contributed by atoms with Crippen molar-refractivity contribution < 1.29 is 32.2 Å². The second-order valence-corrected chi connectivity index (χ2v) is 15.9. The van der Waals surface area contributed by atoms with Gasteiger partial charge in [-0.3, -0.25) is 0 Å². The Bertz CT molecular complexity index is 1100. The first kappa shape index (κ1) is 39.5. The minimum absolute atomic E-state index is 0.0734. The predicted molar refractivity (Wildman–Crippen MR) is 188 cm³/mol. The molecule has 47 heavy (non-hydrogen) atoms. The molecule has 0 radical (unpaired) electrons. The molecule has 0 saturated heterocycles. The van der Waals surface area contributed by atoms with E-state index < -0.39 is 18.0 Å². The average Bonchev–Trinajstić information content (AvgIpc) is 3.08. The summed E-state index contributed by atoms with van der Waals surface area (Å²) in [6.45, 7) is 7.64. The molecule has 0 aromatic rings.